The summed E-state index contributed by atoms with van der Waals surface area (Å²) in [5.74, 6) is 0.380. The normalized spacial score (nSPS) is 9.38. The molecule has 0 saturated heterocycles. The van der Waals surface area contributed by atoms with Crippen LogP contribution in [0.1, 0.15) is 6.92 Å². The van der Waals surface area contributed by atoms with Gasteiger partial charge >= 0.3 is 18.2 Å². The lowest BCUT2D eigenvalue weighted by molar-refractivity contribution is 0.275. The molecular weight excluding hydrogens is 269 g/mol. The lowest BCUT2D eigenvalue weighted by atomic mass is 10.6. The highest BCUT2D eigenvalue weighted by atomic mass is 32.3. The third-order valence-corrected chi connectivity index (χ3v) is 0.333. The summed E-state index contributed by atoms with van der Waals surface area (Å²) in [6.45, 7) is 1.79. The van der Waals surface area contributed by atoms with Crippen molar-refractivity contribution in [3.8, 4) is 0 Å². The Bertz CT molecular complexity index is 299. The van der Waals surface area contributed by atoms with Gasteiger partial charge in [0.25, 0.3) is 0 Å². The van der Waals surface area contributed by atoms with Gasteiger partial charge in [0.2, 0.25) is 0 Å². The third-order valence-electron chi connectivity index (χ3n) is 0.333. The van der Waals surface area contributed by atoms with E-state index in [1.165, 1.54) is 0 Å². The first-order valence-electron chi connectivity index (χ1n) is 2.92. The molecule has 16 heavy (non-hydrogen) atoms. The molecule has 0 bridgehead atoms. The number of nitrogens with two attached hydrogens (primary N) is 2. The summed E-state index contributed by atoms with van der Waals surface area (Å²) in [5.41, 5.74) is 9.86. The van der Waals surface area contributed by atoms with Crippen LogP contribution in [0.4, 0.5) is 0 Å². The van der Waals surface area contributed by atoms with Crippen LogP contribution in [0.15, 0.2) is 11.9 Å². The minimum atomic E-state index is -4.67. The largest absolute Gasteiger partial charge is 0.466 e. The minimum absolute atomic E-state index is 0. The van der Waals surface area contributed by atoms with E-state index >= 15 is 0 Å². The standard InChI is InChI=1S/C3H8N2.H3N.H3O4P.H2O4S/c1-2-3(4)5;;2*1-5(2,3)4/h2H,4-5H2,1H3;1H3;(H3,1,2,3,4);(H2,1,2,3,4). The van der Waals surface area contributed by atoms with Crippen LogP contribution in [0.2, 0.25) is 0 Å². The molecule has 0 radical (unpaired) electrons. The van der Waals surface area contributed by atoms with E-state index in [2.05, 4.69) is 0 Å². The number of allylic oxidation sites excluding steroid dienone is 1. The predicted molar refractivity (Wildman–Crippen MR) is 55.6 cm³/mol. The molecular formula is C3H16N3O8PS. The molecule has 0 aliphatic rings. The van der Waals surface area contributed by atoms with Gasteiger partial charge in [-0.1, -0.05) is 0 Å². The van der Waals surface area contributed by atoms with E-state index in [-0.39, 0.29) is 6.15 Å². The van der Waals surface area contributed by atoms with Crippen molar-refractivity contribution in [2.45, 2.75) is 6.92 Å². The van der Waals surface area contributed by atoms with E-state index in [1.807, 2.05) is 0 Å². The molecule has 11 nitrogen and oxygen atoms in total. The van der Waals surface area contributed by atoms with Gasteiger partial charge in [-0.05, 0) is 13.0 Å². The van der Waals surface area contributed by atoms with Gasteiger partial charge in [-0.15, -0.1) is 0 Å². The van der Waals surface area contributed by atoms with Crippen LogP contribution in [0, 0.1) is 0 Å². The molecule has 0 fully saturated rings. The maximum absolute atomic E-state index is 8.88. The molecule has 0 amide bonds. The Morgan fingerprint density at radius 1 is 1.19 bits per heavy atom. The van der Waals surface area contributed by atoms with Crippen LogP contribution in [-0.2, 0) is 15.0 Å². The lowest BCUT2D eigenvalue weighted by Gasteiger charge is -1.82. The van der Waals surface area contributed by atoms with Crippen LogP contribution >= 0.6 is 7.82 Å². The summed E-state index contributed by atoms with van der Waals surface area (Å²) in [6, 6.07) is 0. The first-order chi connectivity index (χ1) is 6.27. The van der Waals surface area contributed by atoms with E-state index in [1.54, 1.807) is 13.0 Å². The molecule has 0 aromatic heterocycles. The second kappa shape index (κ2) is 10.8. The molecule has 102 valence electrons. The fraction of sp³-hybridized carbons (Fsp3) is 0.333. The molecule has 0 atom stereocenters. The summed E-state index contributed by atoms with van der Waals surface area (Å²) in [6.07, 6.45) is 1.64. The van der Waals surface area contributed by atoms with Crippen molar-refractivity contribution in [1.29, 1.82) is 0 Å². The van der Waals surface area contributed by atoms with Gasteiger partial charge in [0.15, 0.2) is 0 Å². The number of hydrogen-bond donors (Lipinski definition) is 8. The summed E-state index contributed by atoms with van der Waals surface area (Å²) in [7, 11) is -9.31. The van der Waals surface area contributed by atoms with Gasteiger partial charge in [0, 0.05) is 0 Å². The summed E-state index contributed by atoms with van der Waals surface area (Å²) < 4.78 is 40.5. The second-order valence-corrected chi connectivity index (χ2v) is 3.67. The summed E-state index contributed by atoms with van der Waals surface area (Å²) in [5, 5.41) is 0. The van der Waals surface area contributed by atoms with E-state index in [0.29, 0.717) is 5.82 Å². The van der Waals surface area contributed by atoms with Crippen molar-refractivity contribution in [3.05, 3.63) is 11.9 Å². The van der Waals surface area contributed by atoms with E-state index in [0.717, 1.165) is 0 Å². The molecule has 0 aliphatic carbocycles. The molecule has 0 spiro atoms. The summed E-state index contributed by atoms with van der Waals surface area (Å²) >= 11 is 0. The zero-order valence-electron chi connectivity index (χ0n) is 8.26. The van der Waals surface area contributed by atoms with Gasteiger partial charge in [-0.2, -0.15) is 8.42 Å². The molecule has 0 aromatic carbocycles. The molecule has 12 N–H and O–H groups in total. The Hall–Kier alpha value is -0.720. The van der Waals surface area contributed by atoms with Crippen LogP contribution < -0.4 is 17.6 Å². The quantitative estimate of drug-likeness (QED) is 0.185. The van der Waals surface area contributed by atoms with E-state index in [4.69, 9.17) is 48.2 Å². The second-order valence-electron chi connectivity index (χ2n) is 1.75. The Balaban J connectivity index is -0.0000000655. The highest BCUT2D eigenvalue weighted by Gasteiger charge is 2.00. The Kier molecular flexibility index (Phi) is 16.5. The lowest BCUT2D eigenvalue weighted by Crippen LogP contribution is -2.06. The SMILES string of the molecule is CC=C(N)N.N.O=P(O)(O)O.O=S(=O)(O)O. The van der Waals surface area contributed by atoms with E-state index in [9.17, 15) is 0 Å². The van der Waals surface area contributed by atoms with E-state index < -0.39 is 18.2 Å². The fourth-order valence-electron chi connectivity index (χ4n) is 0. The number of rotatable bonds is 0. The van der Waals surface area contributed by atoms with Crippen LogP contribution in [0.3, 0.4) is 0 Å². The Labute approximate surface area is 92.2 Å². The van der Waals surface area contributed by atoms with Crippen molar-refractivity contribution in [2.75, 3.05) is 0 Å². The van der Waals surface area contributed by atoms with Gasteiger partial charge < -0.3 is 32.3 Å². The molecule has 0 rings (SSSR count). The van der Waals surface area contributed by atoms with Crippen molar-refractivity contribution in [1.82, 2.24) is 6.15 Å². The van der Waals surface area contributed by atoms with Crippen LogP contribution in [-0.4, -0.2) is 32.2 Å². The predicted octanol–water partition coefficient (Wildman–Crippen LogP) is -1.65. The van der Waals surface area contributed by atoms with Gasteiger partial charge in [-0.25, -0.2) is 4.57 Å². The monoisotopic (exact) mass is 285 g/mol. The highest BCUT2D eigenvalue weighted by Crippen LogP contribution is 2.25. The molecule has 13 heteroatoms. The van der Waals surface area contributed by atoms with Crippen molar-refractivity contribution < 1.29 is 36.8 Å². The molecule has 0 heterocycles. The smallest absolute Gasteiger partial charge is 0.386 e. The zero-order valence-corrected chi connectivity index (χ0v) is 9.97. The van der Waals surface area contributed by atoms with Crippen LogP contribution in [0.5, 0.6) is 0 Å². The van der Waals surface area contributed by atoms with Crippen molar-refractivity contribution >= 4 is 18.2 Å². The minimum Gasteiger partial charge on any atom is -0.386 e. The topological polar surface area (TPSA) is 239 Å². The maximum Gasteiger partial charge on any atom is 0.466 e. The van der Waals surface area contributed by atoms with Gasteiger partial charge in [0.05, 0.1) is 5.82 Å². The van der Waals surface area contributed by atoms with Crippen molar-refractivity contribution in [3.63, 3.8) is 0 Å². The van der Waals surface area contributed by atoms with Crippen molar-refractivity contribution in [2.24, 2.45) is 11.5 Å². The van der Waals surface area contributed by atoms with Crippen LogP contribution in [0.25, 0.3) is 0 Å². The first kappa shape index (κ1) is 24.5. The molecule has 0 aromatic rings. The average molecular weight is 285 g/mol. The average Bonchev–Trinajstić information content (AvgIpc) is 1.79. The third kappa shape index (κ3) is 1220. The number of hydrogen-bond acceptors (Lipinski definition) is 6. The molecule has 0 unspecified atom stereocenters. The number of phosphoric acid groups is 1. The maximum atomic E-state index is 8.88. The first-order valence-corrected chi connectivity index (χ1v) is 5.89. The molecule has 0 saturated carbocycles. The van der Waals surface area contributed by atoms with Gasteiger partial charge in [-0.3, -0.25) is 9.11 Å². The zero-order chi connectivity index (χ0) is 13.3. The van der Waals surface area contributed by atoms with Gasteiger partial charge in [0.1, 0.15) is 0 Å². The Morgan fingerprint density at radius 3 is 1.25 bits per heavy atom. The highest BCUT2D eigenvalue weighted by molar-refractivity contribution is 7.79. The Morgan fingerprint density at radius 2 is 1.25 bits per heavy atom. The fourth-order valence-corrected chi connectivity index (χ4v) is 0. The summed E-state index contributed by atoms with van der Waals surface area (Å²) in [4.78, 5) is 21.6. The molecule has 0 aliphatic heterocycles.